The van der Waals surface area contributed by atoms with Crippen LogP contribution >= 0.6 is 0 Å². The van der Waals surface area contributed by atoms with Crippen molar-refractivity contribution in [2.75, 3.05) is 42.9 Å². The van der Waals surface area contributed by atoms with Crippen LogP contribution in [0.4, 0.5) is 17.3 Å². The predicted octanol–water partition coefficient (Wildman–Crippen LogP) is 1.60. The van der Waals surface area contributed by atoms with Gasteiger partial charge in [-0.05, 0) is 44.0 Å². The number of esters is 1. The first-order chi connectivity index (χ1) is 14.5. The summed E-state index contributed by atoms with van der Waals surface area (Å²) in [6.45, 7) is 3.44. The molecule has 1 aromatic carbocycles. The minimum absolute atomic E-state index is 0.106. The molecular weight excluding hydrogens is 388 g/mol. The summed E-state index contributed by atoms with van der Waals surface area (Å²) in [5, 5.41) is 0. The Hall–Kier alpha value is -3.56. The Kier molecular flexibility index (Phi) is 6.89. The Morgan fingerprint density at radius 1 is 1.20 bits per heavy atom. The zero-order valence-corrected chi connectivity index (χ0v) is 17.1. The molecule has 1 amide bonds. The molecule has 4 N–H and O–H groups in total. The molecule has 0 spiro atoms. The van der Waals surface area contributed by atoms with E-state index in [1.807, 2.05) is 4.90 Å². The molecule has 10 heteroatoms. The van der Waals surface area contributed by atoms with E-state index < -0.39 is 0 Å². The highest BCUT2D eigenvalue weighted by Crippen LogP contribution is 2.29. The Morgan fingerprint density at radius 2 is 1.90 bits per heavy atom. The third-order valence-electron chi connectivity index (χ3n) is 4.92. The molecular formula is C20H26N6O4. The van der Waals surface area contributed by atoms with Crippen molar-refractivity contribution < 1.29 is 19.1 Å². The highest BCUT2D eigenvalue weighted by atomic mass is 16.5. The SMILES string of the molecule is CCOC(=O)C1CCN(c2ncnc(NNC(=O)c3ccc(OC)cc3)c2N)CC1. The van der Waals surface area contributed by atoms with Crippen LogP contribution in [0.2, 0.25) is 0 Å². The van der Waals surface area contributed by atoms with Gasteiger partial charge in [0.1, 0.15) is 17.8 Å². The monoisotopic (exact) mass is 414 g/mol. The van der Waals surface area contributed by atoms with Crippen LogP contribution in [0.1, 0.15) is 30.1 Å². The molecule has 3 rings (SSSR count). The predicted molar refractivity (Wildman–Crippen MR) is 112 cm³/mol. The summed E-state index contributed by atoms with van der Waals surface area (Å²) < 4.78 is 10.2. The summed E-state index contributed by atoms with van der Waals surface area (Å²) in [7, 11) is 1.56. The summed E-state index contributed by atoms with van der Waals surface area (Å²) in [6, 6.07) is 6.70. The quantitative estimate of drug-likeness (QED) is 0.456. The number of benzene rings is 1. The van der Waals surface area contributed by atoms with Gasteiger partial charge in [-0.2, -0.15) is 0 Å². The van der Waals surface area contributed by atoms with Crippen molar-refractivity contribution in [1.82, 2.24) is 15.4 Å². The third kappa shape index (κ3) is 4.88. The normalized spacial score (nSPS) is 14.1. The van der Waals surface area contributed by atoms with Crippen molar-refractivity contribution in [2.45, 2.75) is 19.8 Å². The number of nitrogens with zero attached hydrogens (tertiary/aromatic N) is 3. The molecule has 10 nitrogen and oxygen atoms in total. The lowest BCUT2D eigenvalue weighted by atomic mass is 9.97. The molecule has 1 aliphatic rings. The molecule has 1 aliphatic heterocycles. The van der Waals surface area contributed by atoms with Crippen LogP contribution in [0.5, 0.6) is 5.75 Å². The molecule has 0 unspecified atom stereocenters. The number of hydrazine groups is 1. The van der Waals surface area contributed by atoms with E-state index in [1.54, 1.807) is 38.3 Å². The lowest BCUT2D eigenvalue weighted by molar-refractivity contribution is -0.148. The van der Waals surface area contributed by atoms with Gasteiger partial charge in [-0.1, -0.05) is 0 Å². The number of nitrogen functional groups attached to an aromatic ring is 1. The lowest BCUT2D eigenvalue weighted by Crippen LogP contribution is -2.38. The molecule has 0 radical (unpaired) electrons. The van der Waals surface area contributed by atoms with E-state index in [0.29, 0.717) is 61.2 Å². The number of hydrogen-bond donors (Lipinski definition) is 3. The summed E-state index contributed by atoms with van der Waals surface area (Å²) in [5.74, 6) is 0.924. The number of aromatic nitrogens is 2. The molecule has 0 bridgehead atoms. The highest BCUT2D eigenvalue weighted by Gasteiger charge is 2.28. The molecule has 160 valence electrons. The van der Waals surface area contributed by atoms with Crippen LogP contribution in [0.25, 0.3) is 0 Å². The van der Waals surface area contributed by atoms with Gasteiger partial charge in [0.2, 0.25) is 0 Å². The first-order valence-corrected chi connectivity index (χ1v) is 9.76. The fourth-order valence-electron chi connectivity index (χ4n) is 3.26. The number of hydrogen-bond acceptors (Lipinski definition) is 9. The standard InChI is InChI=1S/C20H26N6O4/c1-3-30-20(28)14-8-10-26(11-9-14)18-16(21)17(22-12-23-18)24-25-19(27)13-4-6-15(29-2)7-5-13/h4-7,12,14H,3,8-11,21H2,1-2H3,(H,25,27)(H,22,23,24). The Balaban J connectivity index is 1.61. The number of anilines is 3. The third-order valence-corrected chi connectivity index (χ3v) is 4.92. The van der Waals surface area contributed by atoms with Gasteiger partial charge in [-0.3, -0.25) is 20.4 Å². The van der Waals surface area contributed by atoms with Crippen LogP contribution in [-0.2, 0) is 9.53 Å². The number of methoxy groups -OCH3 is 1. The second-order valence-corrected chi connectivity index (χ2v) is 6.78. The fraction of sp³-hybridized carbons (Fsp3) is 0.400. The second-order valence-electron chi connectivity index (χ2n) is 6.78. The smallest absolute Gasteiger partial charge is 0.309 e. The largest absolute Gasteiger partial charge is 0.497 e. The summed E-state index contributed by atoms with van der Waals surface area (Å²) in [6.07, 6.45) is 2.71. The maximum Gasteiger partial charge on any atom is 0.309 e. The summed E-state index contributed by atoms with van der Waals surface area (Å²) >= 11 is 0. The van der Waals surface area contributed by atoms with Crippen molar-refractivity contribution in [3.05, 3.63) is 36.2 Å². The molecule has 1 fully saturated rings. The molecule has 1 saturated heterocycles. The molecule has 1 aromatic heterocycles. The van der Waals surface area contributed by atoms with E-state index in [0.717, 1.165) is 0 Å². The van der Waals surface area contributed by atoms with Gasteiger partial charge in [-0.15, -0.1) is 0 Å². The van der Waals surface area contributed by atoms with Crippen LogP contribution in [0.15, 0.2) is 30.6 Å². The molecule has 0 aliphatic carbocycles. The Labute approximate surface area is 174 Å². The van der Waals surface area contributed by atoms with E-state index in [1.165, 1.54) is 6.33 Å². The summed E-state index contributed by atoms with van der Waals surface area (Å²) in [4.78, 5) is 34.6. The average molecular weight is 414 g/mol. The maximum atomic E-state index is 12.3. The van der Waals surface area contributed by atoms with Crippen molar-refractivity contribution in [3.63, 3.8) is 0 Å². The molecule has 2 aromatic rings. The molecule has 2 heterocycles. The average Bonchev–Trinajstić information content (AvgIpc) is 2.78. The molecule has 30 heavy (non-hydrogen) atoms. The Bertz CT molecular complexity index is 881. The van der Waals surface area contributed by atoms with Gasteiger partial charge in [0.05, 0.1) is 19.6 Å². The van der Waals surface area contributed by atoms with E-state index in [-0.39, 0.29) is 17.8 Å². The zero-order chi connectivity index (χ0) is 21.5. The van der Waals surface area contributed by atoms with Gasteiger partial charge >= 0.3 is 5.97 Å². The number of ether oxygens (including phenoxy) is 2. The summed E-state index contributed by atoms with van der Waals surface area (Å²) in [5.41, 5.74) is 12.3. The first-order valence-electron chi connectivity index (χ1n) is 9.76. The minimum Gasteiger partial charge on any atom is -0.497 e. The van der Waals surface area contributed by atoms with Gasteiger partial charge < -0.3 is 20.1 Å². The first kappa shape index (κ1) is 21.2. The van der Waals surface area contributed by atoms with Crippen LogP contribution in [0.3, 0.4) is 0 Å². The number of piperidine rings is 1. The number of carbonyl (C=O) groups excluding carboxylic acids is 2. The van der Waals surface area contributed by atoms with Crippen LogP contribution < -0.4 is 26.2 Å². The topological polar surface area (TPSA) is 132 Å². The maximum absolute atomic E-state index is 12.3. The van der Waals surface area contributed by atoms with E-state index in [4.69, 9.17) is 15.2 Å². The number of carbonyl (C=O) groups is 2. The van der Waals surface area contributed by atoms with Crippen molar-refractivity contribution >= 4 is 29.2 Å². The van der Waals surface area contributed by atoms with Crippen molar-refractivity contribution in [2.24, 2.45) is 5.92 Å². The number of nitrogens with two attached hydrogens (primary N) is 1. The van der Waals surface area contributed by atoms with E-state index in [2.05, 4.69) is 20.8 Å². The van der Waals surface area contributed by atoms with Gasteiger partial charge in [0.15, 0.2) is 11.6 Å². The van der Waals surface area contributed by atoms with Gasteiger partial charge in [0, 0.05) is 18.7 Å². The number of nitrogens with one attached hydrogen (secondary N) is 2. The van der Waals surface area contributed by atoms with Gasteiger partial charge in [-0.25, -0.2) is 9.97 Å². The van der Waals surface area contributed by atoms with E-state index >= 15 is 0 Å². The number of amides is 1. The molecule has 0 saturated carbocycles. The highest BCUT2D eigenvalue weighted by molar-refractivity contribution is 5.95. The zero-order valence-electron chi connectivity index (χ0n) is 17.1. The van der Waals surface area contributed by atoms with E-state index in [9.17, 15) is 9.59 Å². The Morgan fingerprint density at radius 3 is 2.53 bits per heavy atom. The second kappa shape index (κ2) is 9.77. The molecule has 0 atom stereocenters. The van der Waals surface area contributed by atoms with Crippen LogP contribution in [0, 0.1) is 5.92 Å². The van der Waals surface area contributed by atoms with Crippen molar-refractivity contribution in [3.8, 4) is 5.75 Å². The van der Waals surface area contributed by atoms with Crippen molar-refractivity contribution in [1.29, 1.82) is 0 Å². The van der Waals surface area contributed by atoms with Gasteiger partial charge in [0.25, 0.3) is 5.91 Å². The fourth-order valence-corrected chi connectivity index (χ4v) is 3.26. The van der Waals surface area contributed by atoms with Crippen LogP contribution in [-0.4, -0.2) is 48.7 Å². The number of rotatable bonds is 7. The lowest BCUT2D eigenvalue weighted by Gasteiger charge is -2.32. The minimum atomic E-state index is -0.340.